The number of ketones is 1. The number of Topliss-reactive ketones (excluding diaryl/α,β-unsaturated/α-hetero) is 1. The number of rotatable bonds is 0. The van der Waals surface area contributed by atoms with Gasteiger partial charge >= 0.3 is 0 Å². The standard InChI is InChI=1S/C21H32O2S/c1-19-8-5-15(22)13-14(19)3-4-16-17(19)6-9-20(2)18(16)7-10-21(20)23-11-12-24-21/h14,16-18H,3-13H2,1-2H3/t14-,16-,17+,18+,19+,20+,21+/m1/s1. The van der Waals surface area contributed by atoms with Crippen LogP contribution in [0.25, 0.3) is 0 Å². The average Bonchev–Trinajstić information content (AvgIpc) is 3.15. The predicted octanol–water partition coefficient (Wildman–Crippen LogP) is 5.06. The van der Waals surface area contributed by atoms with E-state index in [1.54, 1.807) is 0 Å². The minimum Gasteiger partial charge on any atom is -0.363 e. The van der Waals surface area contributed by atoms with Gasteiger partial charge in [-0.2, -0.15) is 0 Å². The van der Waals surface area contributed by atoms with Gasteiger partial charge in [-0.25, -0.2) is 0 Å². The van der Waals surface area contributed by atoms with E-state index in [0.717, 1.165) is 43.6 Å². The van der Waals surface area contributed by atoms with Gasteiger partial charge in [0, 0.05) is 24.0 Å². The number of hydrogen-bond donors (Lipinski definition) is 0. The van der Waals surface area contributed by atoms with Crippen molar-refractivity contribution in [2.45, 2.75) is 76.6 Å². The quantitative estimate of drug-likeness (QED) is 0.612. The van der Waals surface area contributed by atoms with E-state index >= 15 is 0 Å². The fourth-order valence-corrected chi connectivity index (χ4v) is 9.44. The minimum absolute atomic E-state index is 0.142. The van der Waals surface area contributed by atoms with Crippen molar-refractivity contribution in [3.63, 3.8) is 0 Å². The van der Waals surface area contributed by atoms with Crippen molar-refractivity contribution in [1.82, 2.24) is 0 Å². The molecule has 0 bridgehead atoms. The fraction of sp³-hybridized carbons (Fsp3) is 0.952. The summed E-state index contributed by atoms with van der Waals surface area (Å²) >= 11 is 2.13. The van der Waals surface area contributed by atoms with Crippen LogP contribution in [0.15, 0.2) is 0 Å². The summed E-state index contributed by atoms with van der Waals surface area (Å²) in [6.07, 6.45) is 11.0. The highest BCUT2D eigenvalue weighted by Crippen LogP contribution is 2.71. The Hall–Kier alpha value is -0.0200. The second-order valence-electron chi connectivity index (χ2n) is 9.84. The molecule has 1 saturated heterocycles. The van der Waals surface area contributed by atoms with Crippen LogP contribution in [0.1, 0.15) is 71.6 Å². The van der Waals surface area contributed by atoms with Gasteiger partial charge in [0.1, 0.15) is 10.7 Å². The van der Waals surface area contributed by atoms with Crippen LogP contribution >= 0.6 is 11.8 Å². The minimum atomic E-state index is 0.142. The highest BCUT2D eigenvalue weighted by molar-refractivity contribution is 8.00. The molecule has 0 unspecified atom stereocenters. The first-order chi connectivity index (χ1) is 11.5. The molecule has 1 heterocycles. The Labute approximate surface area is 150 Å². The molecule has 1 aliphatic heterocycles. The first-order valence-corrected chi connectivity index (χ1v) is 11.3. The Kier molecular flexibility index (Phi) is 3.54. The van der Waals surface area contributed by atoms with E-state index in [4.69, 9.17) is 4.74 Å². The zero-order chi connectivity index (χ0) is 16.6. The number of fused-ring (bicyclic) bond motifs is 6. The molecule has 2 nitrogen and oxygen atoms in total. The topological polar surface area (TPSA) is 26.3 Å². The van der Waals surface area contributed by atoms with Gasteiger partial charge in [0.2, 0.25) is 0 Å². The number of carbonyl (C=O) groups is 1. The van der Waals surface area contributed by atoms with Crippen molar-refractivity contribution in [2.24, 2.45) is 34.5 Å². The monoisotopic (exact) mass is 348 g/mol. The lowest BCUT2D eigenvalue weighted by atomic mass is 9.45. The van der Waals surface area contributed by atoms with Crippen LogP contribution in [-0.4, -0.2) is 23.1 Å². The predicted molar refractivity (Wildman–Crippen MR) is 97.9 cm³/mol. The van der Waals surface area contributed by atoms with E-state index < -0.39 is 0 Å². The molecule has 0 aromatic rings. The van der Waals surface area contributed by atoms with E-state index in [1.807, 2.05) is 0 Å². The summed E-state index contributed by atoms with van der Waals surface area (Å²) in [7, 11) is 0. The molecule has 7 atom stereocenters. The van der Waals surface area contributed by atoms with Crippen LogP contribution in [0, 0.1) is 34.5 Å². The molecule has 1 spiro atoms. The van der Waals surface area contributed by atoms with Gasteiger partial charge in [-0.05, 0) is 74.0 Å². The number of ether oxygens (including phenoxy) is 1. The van der Waals surface area contributed by atoms with Crippen LogP contribution < -0.4 is 0 Å². The molecule has 4 saturated carbocycles. The van der Waals surface area contributed by atoms with Gasteiger partial charge in [0.25, 0.3) is 0 Å². The maximum absolute atomic E-state index is 12.0. The third-order valence-corrected chi connectivity index (χ3v) is 10.9. The molecule has 0 aromatic carbocycles. The first kappa shape index (κ1) is 16.2. The van der Waals surface area contributed by atoms with Crippen LogP contribution in [0.2, 0.25) is 0 Å². The van der Waals surface area contributed by atoms with Gasteiger partial charge in [0.15, 0.2) is 0 Å². The van der Waals surface area contributed by atoms with Crippen LogP contribution in [0.5, 0.6) is 0 Å². The lowest BCUT2D eigenvalue weighted by Crippen LogP contribution is -2.55. The second-order valence-corrected chi connectivity index (χ2v) is 11.2. The molecular formula is C21H32O2S. The molecule has 4 aliphatic carbocycles. The highest BCUT2D eigenvalue weighted by atomic mass is 32.2. The maximum atomic E-state index is 12.0. The summed E-state index contributed by atoms with van der Waals surface area (Å²) in [5, 5.41) is 0. The summed E-state index contributed by atoms with van der Waals surface area (Å²) in [5.41, 5.74) is 0.834. The van der Waals surface area contributed by atoms with E-state index in [0.29, 0.717) is 22.5 Å². The van der Waals surface area contributed by atoms with Gasteiger partial charge in [-0.3, -0.25) is 4.79 Å². The molecule has 5 fully saturated rings. The molecule has 0 N–H and O–H groups in total. The summed E-state index contributed by atoms with van der Waals surface area (Å²) in [6.45, 7) is 6.08. The van der Waals surface area contributed by atoms with Crippen molar-refractivity contribution in [3.8, 4) is 0 Å². The zero-order valence-electron chi connectivity index (χ0n) is 15.3. The van der Waals surface area contributed by atoms with Gasteiger partial charge in [-0.1, -0.05) is 13.8 Å². The SMILES string of the molecule is C[C@]12CCC(=O)C[C@H]1CC[C@@H]1[C@@H]2CC[C@@]2(C)[C@H]1CC[C@@]21OCCS1. The van der Waals surface area contributed by atoms with Crippen molar-refractivity contribution in [1.29, 1.82) is 0 Å². The maximum Gasteiger partial charge on any atom is 0.133 e. The third-order valence-electron chi connectivity index (χ3n) is 9.28. The summed E-state index contributed by atoms with van der Waals surface area (Å²) < 4.78 is 6.42. The third kappa shape index (κ3) is 1.92. The van der Waals surface area contributed by atoms with Crippen molar-refractivity contribution < 1.29 is 9.53 Å². The number of carbonyl (C=O) groups excluding carboxylic acids is 1. The van der Waals surface area contributed by atoms with Crippen molar-refractivity contribution in [2.75, 3.05) is 12.4 Å². The van der Waals surface area contributed by atoms with Crippen molar-refractivity contribution >= 4 is 17.5 Å². The molecule has 134 valence electrons. The van der Waals surface area contributed by atoms with Crippen LogP contribution in [0.3, 0.4) is 0 Å². The van der Waals surface area contributed by atoms with E-state index in [2.05, 4.69) is 25.6 Å². The second kappa shape index (κ2) is 5.25. The van der Waals surface area contributed by atoms with Crippen LogP contribution in [-0.2, 0) is 9.53 Å². The summed E-state index contributed by atoms with van der Waals surface area (Å²) in [4.78, 5) is 12.1. The number of thioether (sulfide) groups is 1. The van der Waals surface area contributed by atoms with Crippen molar-refractivity contribution in [3.05, 3.63) is 0 Å². The summed E-state index contributed by atoms with van der Waals surface area (Å²) in [5.74, 6) is 5.02. The lowest BCUT2D eigenvalue weighted by molar-refractivity contribution is -0.147. The Morgan fingerprint density at radius 3 is 2.67 bits per heavy atom. The molecule has 5 rings (SSSR count). The molecule has 24 heavy (non-hydrogen) atoms. The lowest BCUT2D eigenvalue weighted by Gasteiger charge is -2.61. The molecule has 5 aliphatic rings. The molecule has 0 amide bonds. The highest BCUT2D eigenvalue weighted by Gasteiger charge is 2.66. The molecule has 0 radical (unpaired) electrons. The van der Waals surface area contributed by atoms with Gasteiger partial charge in [0.05, 0.1) is 6.61 Å². The number of hydrogen-bond acceptors (Lipinski definition) is 3. The first-order valence-electron chi connectivity index (χ1n) is 10.3. The summed E-state index contributed by atoms with van der Waals surface area (Å²) in [6, 6.07) is 0. The largest absolute Gasteiger partial charge is 0.363 e. The molecule has 3 heteroatoms. The Morgan fingerprint density at radius 2 is 1.88 bits per heavy atom. The normalized spacial score (nSPS) is 56.8. The molecular weight excluding hydrogens is 316 g/mol. The van der Waals surface area contributed by atoms with Crippen LogP contribution in [0.4, 0.5) is 0 Å². The smallest absolute Gasteiger partial charge is 0.133 e. The van der Waals surface area contributed by atoms with E-state index in [-0.39, 0.29) is 4.93 Å². The van der Waals surface area contributed by atoms with Gasteiger partial charge < -0.3 is 4.74 Å². The van der Waals surface area contributed by atoms with Gasteiger partial charge in [-0.15, -0.1) is 11.8 Å². The Balaban J connectivity index is 1.46. The van der Waals surface area contributed by atoms with E-state index in [1.165, 1.54) is 44.3 Å². The Bertz CT molecular complexity index is 554. The molecule has 0 aromatic heterocycles. The average molecular weight is 349 g/mol. The zero-order valence-corrected chi connectivity index (χ0v) is 16.1. The fourth-order valence-electron chi connectivity index (χ4n) is 7.93. The Morgan fingerprint density at radius 1 is 1.04 bits per heavy atom. The van der Waals surface area contributed by atoms with E-state index in [9.17, 15) is 4.79 Å².